The number of rotatable bonds is 3. The highest BCUT2D eigenvalue weighted by Crippen LogP contribution is 2.68. The summed E-state index contributed by atoms with van der Waals surface area (Å²) < 4.78 is 22.7. The van der Waals surface area contributed by atoms with Gasteiger partial charge in [0.15, 0.2) is 5.79 Å². The Morgan fingerprint density at radius 3 is 2.73 bits per heavy atom. The van der Waals surface area contributed by atoms with Gasteiger partial charge in [-0.05, 0) is 6.92 Å². The second kappa shape index (κ2) is 2.77. The Hall–Kier alpha value is -0.0951. The first-order chi connectivity index (χ1) is 7.09. The van der Waals surface area contributed by atoms with Gasteiger partial charge in [0.05, 0.1) is 24.1 Å². The molecular formula is C10H17BO4. The maximum atomic E-state index is 6.05. The van der Waals surface area contributed by atoms with Gasteiger partial charge in [-0.1, -0.05) is 0 Å². The summed E-state index contributed by atoms with van der Waals surface area (Å²) in [6, 6.07) is 0.151. The lowest BCUT2D eigenvalue weighted by atomic mass is 9.56. The Kier molecular flexibility index (Phi) is 1.86. The summed E-state index contributed by atoms with van der Waals surface area (Å²) in [6.07, 6.45) is 1.08. The van der Waals surface area contributed by atoms with Crippen LogP contribution < -0.4 is 0 Å². The Morgan fingerprint density at radius 2 is 2.13 bits per heavy atom. The van der Waals surface area contributed by atoms with Gasteiger partial charge in [-0.2, -0.15) is 0 Å². The van der Waals surface area contributed by atoms with Crippen molar-refractivity contribution in [2.24, 2.45) is 5.92 Å². The van der Waals surface area contributed by atoms with E-state index in [1.807, 2.05) is 0 Å². The second-order valence-electron chi connectivity index (χ2n) is 4.91. The van der Waals surface area contributed by atoms with Crippen LogP contribution >= 0.6 is 0 Å². The Balaban J connectivity index is 1.89. The first kappa shape index (κ1) is 10.1. The van der Waals surface area contributed by atoms with E-state index in [1.165, 1.54) is 0 Å². The molecule has 0 aromatic carbocycles. The van der Waals surface area contributed by atoms with Gasteiger partial charge in [-0.3, -0.25) is 0 Å². The summed E-state index contributed by atoms with van der Waals surface area (Å²) in [5, 5.41) is 0. The smallest absolute Gasteiger partial charge is 0.179 e. The van der Waals surface area contributed by atoms with Gasteiger partial charge in [0.25, 0.3) is 0 Å². The number of ether oxygens (including phenoxy) is 4. The monoisotopic (exact) mass is 212 g/mol. The van der Waals surface area contributed by atoms with E-state index >= 15 is 0 Å². The van der Waals surface area contributed by atoms with Gasteiger partial charge >= 0.3 is 0 Å². The maximum absolute atomic E-state index is 6.05. The molecule has 1 aliphatic carbocycles. The van der Waals surface area contributed by atoms with Crippen LogP contribution in [0.3, 0.4) is 0 Å². The molecule has 4 nitrogen and oxygen atoms in total. The molecule has 15 heavy (non-hydrogen) atoms. The number of hydrogen-bond donors (Lipinski definition) is 0. The van der Waals surface area contributed by atoms with Crippen molar-refractivity contribution in [3.8, 4) is 0 Å². The molecule has 1 saturated carbocycles. The quantitative estimate of drug-likeness (QED) is 0.591. The summed E-state index contributed by atoms with van der Waals surface area (Å²) in [4.78, 5) is 0. The Bertz CT molecular complexity index is 299. The fourth-order valence-corrected chi connectivity index (χ4v) is 3.55. The minimum absolute atomic E-state index is 0.0992. The van der Waals surface area contributed by atoms with Crippen molar-refractivity contribution >= 4 is 7.85 Å². The Labute approximate surface area is 90.6 Å². The predicted octanol–water partition coefficient (Wildman–Crippen LogP) is -0.489. The van der Waals surface area contributed by atoms with Crippen molar-refractivity contribution in [1.82, 2.24) is 0 Å². The summed E-state index contributed by atoms with van der Waals surface area (Å²) >= 11 is 0. The molecule has 0 amide bonds. The van der Waals surface area contributed by atoms with E-state index in [4.69, 9.17) is 18.9 Å². The van der Waals surface area contributed by atoms with Gasteiger partial charge in [0.1, 0.15) is 13.4 Å². The van der Waals surface area contributed by atoms with Crippen molar-refractivity contribution in [2.45, 2.75) is 42.9 Å². The molecule has 3 rings (SSSR count). The van der Waals surface area contributed by atoms with Gasteiger partial charge in [0.2, 0.25) is 0 Å². The van der Waals surface area contributed by atoms with Crippen LogP contribution in [0.25, 0.3) is 0 Å². The first-order valence-electron chi connectivity index (χ1n) is 5.53. The summed E-state index contributed by atoms with van der Waals surface area (Å²) in [7, 11) is 5.50. The van der Waals surface area contributed by atoms with E-state index in [-0.39, 0.29) is 29.6 Å². The average Bonchev–Trinajstić information content (AvgIpc) is 2.34. The van der Waals surface area contributed by atoms with Crippen molar-refractivity contribution in [3.05, 3.63) is 0 Å². The zero-order valence-corrected chi connectivity index (χ0v) is 9.65. The van der Waals surface area contributed by atoms with Crippen LogP contribution in [0.2, 0.25) is 0 Å². The van der Waals surface area contributed by atoms with Crippen LogP contribution in [0.4, 0.5) is 0 Å². The molecule has 0 bridgehead atoms. The highest BCUT2D eigenvalue weighted by molar-refractivity contribution is 6.12. The molecule has 3 fully saturated rings. The molecule has 5 heteroatoms. The van der Waals surface area contributed by atoms with Crippen LogP contribution in [0.1, 0.15) is 13.3 Å². The van der Waals surface area contributed by atoms with Crippen molar-refractivity contribution < 1.29 is 18.9 Å². The highest BCUT2D eigenvalue weighted by atomic mass is 16.8. The highest BCUT2D eigenvalue weighted by Gasteiger charge is 2.82. The fraction of sp³-hybridized carbons (Fsp3) is 1.00. The maximum Gasteiger partial charge on any atom is 0.179 e. The minimum atomic E-state index is -0.373. The van der Waals surface area contributed by atoms with Gasteiger partial charge < -0.3 is 18.9 Å². The minimum Gasteiger partial charge on any atom is -0.379 e. The van der Waals surface area contributed by atoms with Crippen LogP contribution in [0.5, 0.6) is 0 Å². The molecule has 0 aromatic rings. The zero-order chi connectivity index (χ0) is 10.8. The fourth-order valence-electron chi connectivity index (χ4n) is 3.55. The van der Waals surface area contributed by atoms with Crippen LogP contribution in [-0.2, 0) is 18.9 Å². The number of methoxy groups -OCH3 is 2. The summed E-state index contributed by atoms with van der Waals surface area (Å²) in [6.45, 7) is 2.06. The topological polar surface area (TPSA) is 36.9 Å². The average molecular weight is 212 g/mol. The number of hydrogen-bond acceptors (Lipinski definition) is 4. The lowest BCUT2D eigenvalue weighted by Crippen LogP contribution is -2.79. The van der Waals surface area contributed by atoms with E-state index in [0.29, 0.717) is 5.92 Å². The van der Waals surface area contributed by atoms with Crippen LogP contribution in [0.15, 0.2) is 0 Å². The lowest BCUT2D eigenvalue weighted by Gasteiger charge is -2.66. The third-order valence-electron chi connectivity index (χ3n) is 4.44. The molecule has 0 spiro atoms. The van der Waals surface area contributed by atoms with Crippen molar-refractivity contribution in [2.75, 3.05) is 14.2 Å². The first-order valence-corrected chi connectivity index (χ1v) is 5.53. The van der Waals surface area contributed by atoms with E-state index in [1.54, 1.807) is 14.2 Å². The van der Waals surface area contributed by atoms with Crippen molar-refractivity contribution in [1.29, 1.82) is 0 Å². The van der Waals surface area contributed by atoms with Gasteiger partial charge in [0, 0.05) is 20.6 Å². The molecular weight excluding hydrogens is 195 g/mol. The lowest BCUT2D eigenvalue weighted by molar-refractivity contribution is -0.446. The third kappa shape index (κ3) is 0.896. The summed E-state index contributed by atoms with van der Waals surface area (Å²) in [5.74, 6) is -0.0256. The second-order valence-corrected chi connectivity index (χ2v) is 4.91. The predicted molar refractivity (Wildman–Crippen MR) is 55.3 cm³/mol. The standard InChI is InChI=1S/C10H17BO4/c1-5(12-2)9-4-10(13-3)7(9)6(14-10)8(11)15-9/h5-8H,4,11H2,1-3H3/t5?,6?,7?,8-,9-,10-/m1/s1. The van der Waals surface area contributed by atoms with Gasteiger partial charge in [-0.15, -0.1) is 0 Å². The molecule has 3 aliphatic rings. The molecule has 2 saturated heterocycles. The summed E-state index contributed by atoms with van der Waals surface area (Å²) in [5.41, 5.74) is -0.174. The molecule has 0 aromatic heterocycles. The van der Waals surface area contributed by atoms with E-state index < -0.39 is 0 Å². The molecule has 6 atom stereocenters. The molecule has 84 valence electrons. The normalized spacial score (nSPS) is 57.9. The molecule has 0 N–H and O–H groups in total. The van der Waals surface area contributed by atoms with E-state index in [0.717, 1.165) is 6.42 Å². The largest absolute Gasteiger partial charge is 0.379 e. The van der Waals surface area contributed by atoms with Crippen LogP contribution in [-0.4, -0.2) is 51.7 Å². The SMILES string of the molecule is B[C@@H]1O[C@@]2(C(C)OC)C[C@@]3(OC)OC1C32. The molecule has 2 aliphatic heterocycles. The zero-order valence-electron chi connectivity index (χ0n) is 9.65. The van der Waals surface area contributed by atoms with Crippen molar-refractivity contribution in [3.63, 3.8) is 0 Å². The van der Waals surface area contributed by atoms with E-state index in [2.05, 4.69) is 14.8 Å². The molecule has 3 unspecified atom stereocenters. The Morgan fingerprint density at radius 1 is 1.40 bits per heavy atom. The van der Waals surface area contributed by atoms with Gasteiger partial charge in [-0.25, -0.2) is 0 Å². The molecule has 0 radical (unpaired) electrons. The van der Waals surface area contributed by atoms with E-state index in [9.17, 15) is 0 Å². The molecule has 2 heterocycles. The third-order valence-corrected chi connectivity index (χ3v) is 4.44. The van der Waals surface area contributed by atoms with Crippen LogP contribution in [0, 0.1) is 5.92 Å².